The van der Waals surface area contributed by atoms with Crippen LogP contribution in [0.15, 0.2) is 28.7 Å². The van der Waals surface area contributed by atoms with E-state index in [1.165, 1.54) is 18.4 Å². The molecule has 0 radical (unpaired) electrons. The second kappa shape index (κ2) is 6.63. The number of nitrogens with zero attached hydrogens (tertiary/aromatic N) is 2. The SMILES string of the molecule is Cc1cccc(-c2nc(CN3CCCC[C@@H]3CO)c(C)o2)c1. The van der Waals surface area contributed by atoms with Crippen LogP contribution >= 0.6 is 0 Å². The molecule has 1 atom stereocenters. The third-order valence-corrected chi connectivity index (χ3v) is 4.47. The fourth-order valence-electron chi connectivity index (χ4n) is 3.14. The number of rotatable bonds is 4. The molecule has 0 unspecified atom stereocenters. The lowest BCUT2D eigenvalue weighted by atomic mass is 10.0. The van der Waals surface area contributed by atoms with Crippen molar-refractivity contribution < 1.29 is 9.52 Å². The van der Waals surface area contributed by atoms with Crippen molar-refractivity contribution in [2.24, 2.45) is 0 Å². The van der Waals surface area contributed by atoms with Gasteiger partial charge in [-0.05, 0) is 45.4 Å². The van der Waals surface area contributed by atoms with Crippen LogP contribution in [0.1, 0.15) is 36.3 Å². The molecule has 1 N–H and O–H groups in total. The van der Waals surface area contributed by atoms with Crippen molar-refractivity contribution in [2.45, 2.75) is 45.7 Å². The number of aliphatic hydroxyl groups excluding tert-OH is 1. The molecular weight excluding hydrogens is 276 g/mol. The molecule has 2 aromatic rings. The molecule has 3 rings (SSSR count). The highest BCUT2D eigenvalue weighted by Gasteiger charge is 2.24. The number of benzene rings is 1. The molecule has 22 heavy (non-hydrogen) atoms. The van der Waals surface area contributed by atoms with Crippen molar-refractivity contribution in [1.82, 2.24) is 9.88 Å². The van der Waals surface area contributed by atoms with E-state index < -0.39 is 0 Å². The Bertz CT molecular complexity index is 636. The van der Waals surface area contributed by atoms with Gasteiger partial charge in [0, 0.05) is 18.2 Å². The van der Waals surface area contributed by atoms with Gasteiger partial charge < -0.3 is 9.52 Å². The number of oxazole rings is 1. The number of aliphatic hydroxyl groups is 1. The Labute approximate surface area is 131 Å². The Balaban J connectivity index is 1.80. The molecule has 0 saturated carbocycles. The summed E-state index contributed by atoms with van der Waals surface area (Å²) in [5.74, 6) is 1.56. The highest BCUT2D eigenvalue weighted by molar-refractivity contribution is 5.54. The Morgan fingerprint density at radius 2 is 2.18 bits per heavy atom. The van der Waals surface area contributed by atoms with E-state index in [9.17, 15) is 5.11 Å². The summed E-state index contributed by atoms with van der Waals surface area (Å²) >= 11 is 0. The molecule has 0 spiro atoms. The summed E-state index contributed by atoms with van der Waals surface area (Å²) < 4.78 is 5.87. The minimum atomic E-state index is 0.224. The lowest BCUT2D eigenvalue weighted by Crippen LogP contribution is -2.41. The Morgan fingerprint density at radius 1 is 1.32 bits per heavy atom. The quantitative estimate of drug-likeness (QED) is 0.941. The number of hydrogen-bond donors (Lipinski definition) is 1. The maximum absolute atomic E-state index is 9.54. The van der Waals surface area contributed by atoms with Crippen LogP contribution in [0.25, 0.3) is 11.5 Å². The van der Waals surface area contributed by atoms with E-state index in [0.717, 1.165) is 36.5 Å². The second-order valence-corrected chi connectivity index (χ2v) is 6.19. The minimum absolute atomic E-state index is 0.224. The summed E-state index contributed by atoms with van der Waals surface area (Å²) in [6, 6.07) is 8.47. The van der Waals surface area contributed by atoms with Crippen LogP contribution in [0.2, 0.25) is 0 Å². The summed E-state index contributed by atoms with van der Waals surface area (Å²) in [5, 5.41) is 9.54. The number of piperidine rings is 1. The van der Waals surface area contributed by atoms with Gasteiger partial charge in [0.1, 0.15) is 5.76 Å². The van der Waals surface area contributed by atoms with Crippen LogP contribution in [0.5, 0.6) is 0 Å². The molecule has 118 valence electrons. The fourth-order valence-corrected chi connectivity index (χ4v) is 3.14. The maximum Gasteiger partial charge on any atom is 0.226 e. The summed E-state index contributed by atoms with van der Waals surface area (Å²) in [6.45, 7) is 6.05. The average molecular weight is 300 g/mol. The normalized spacial score (nSPS) is 19.5. The van der Waals surface area contributed by atoms with E-state index in [4.69, 9.17) is 9.40 Å². The third kappa shape index (κ3) is 3.23. The number of likely N-dealkylation sites (tertiary alicyclic amines) is 1. The van der Waals surface area contributed by atoms with Crippen LogP contribution in [0.3, 0.4) is 0 Å². The van der Waals surface area contributed by atoms with E-state index in [1.54, 1.807) is 0 Å². The van der Waals surface area contributed by atoms with Gasteiger partial charge in [-0.3, -0.25) is 4.90 Å². The van der Waals surface area contributed by atoms with Crippen molar-refractivity contribution in [1.29, 1.82) is 0 Å². The molecule has 1 aromatic heterocycles. The zero-order chi connectivity index (χ0) is 15.5. The van der Waals surface area contributed by atoms with Crippen LogP contribution in [0, 0.1) is 13.8 Å². The summed E-state index contributed by atoms with van der Waals surface area (Å²) in [6.07, 6.45) is 3.46. The molecule has 1 aliphatic heterocycles. The standard InChI is InChI=1S/C18H24N2O2/c1-13-6-5-7-15(10-13)18-19-17(14(2)22-18)11-20-9-4-3-8-16(20)12-21/h5-7,10,16,21H,3-4,8-9,11-12H2,1-2H3/t16-/m1/s1. The van der Waals surface area contributed by atoms with Gasteiger partial charge in [-0.1, -0.05) is 24.1 Å². The van der Waals surface area contributed by atoms with Crippen molar-refractivity contribution in [3.8, 4) is 11.5 Å². The van der Waals surface area contributed by atoms with Crippen molar-refractivity contribution >= 4 is 0 Å². The van der Waals surface area contributed by atoms with Gasteiger partial charge >= 0.3 is 0 Å². The lowest BCUT2D eigenvalue weighted by molar-refractivity contribution is 0.0828. The molecule has 4 nitrogen and oxygen atoms in total. The summed E-state index contributed by atoms with van der Waals surface area (Å²) in [7, 11) is 0. The molecule has 2 heterocycles. The third-order valence-electron chi connectivity index (χ3n) is 4.47. The van der Waals surface area contributed by atoms with Gasteiger partial charge in [0.25, 0.3) is 0 Å². The van der Waals surface area contributed by atoms with Gasteiger partial charge in [0.15, 0.2) is 0 Å². The van der Waals surface area contributed by atoms with E-state index in [1.807, 2.05) is 19.1 Å². The molecule has 0 amide bonds. The first kappa shape index (κ1) is 15.3. The molecule has 0 aliphatic carbocycles. The highest BCUT2D eigenvalue weighted by Crippen LogP contribution is 2.25. The van der Waals surface area contributed by atoms with Gasteiger partial charge in [0.05, 0.1) is 12.3 Å². The molecule has 1 saturated heterocycles. The van der Waals surface area contributed by atoms with Crippen LogP contribution in [-0.2, 0) is 6.54 Å². The maximum atomic E-state index is 9.54. The first-order valence-electron chi connectivity index (χ1n) is 8.05. The Morgan fingerprint density at radius 3 is 2.95 bits per heavy atom. The first-order valence-corrected chi connectivity index (χ1v) is 8.05. The van der Waals surface area contributed by atoms with Crippen LogP contribution in [0.4, 0.5) is 0 Å². The monoisotopic (exact) mass is 300 g/mol. The van der Waals surface area contributed by atoms with E-state index in [-0.39, 0.29) is 12.6 Å². The smallest absolute Gasteiger partial charge is 0.226 e. The zero-order valence-corrected chi connectivity index (χ0v) is 13.4. The van der Waals surface area contributed by atoms with Crippen LogP contribution in [-0.4, -0.2) is 34.2 Å². The van der Waals surface area contributed by atoms with Crippen molar-refractivity contribution in [2.75, 3.05) is 13.2 Å². The molecule has 1 aromatic carbocycles. The van der Waals surface area contributed by atoms with E-state index in [2.05, 4.69) is 24.0 Å². The van der Waals surface area contributed by atoms with Gasteiger partial charge in [-0.25, -0.2) is 4.98 Å². The van der Waals surface area contributed by atoms with Gasteiger partial charge in [-0.15, -0.1) is 0 Å². The topological polar surface area (TPSA) is 49.5 Å². The number of aromatic nitrogens is 1. The largest absolute Gasteiger partial charge is 0.441 e. The van der Waals surface area contributed by atoms with E-state index >= 15 is 0 Å². The van der Waals surface area contributed by atoms with Crippen LogP contribution < -0.4 is 0 Å². The lowest BCUT2D eigenvalue weighted by Gasteiger charge is -2.33. The fraction of sp³-hybridized carbons (Fsp3) is 0.500. The molecule has 4 heteroatoms. The predicted molar refractivity (Wildman–Crippen MR) is 86.5 cm³/mol. The zero-order valence-electron chi connectivity index (χ0n) is 13.4. The minimum Gasteiger partial charge on any atom is -0.441 e. The predicted octanol–water partition coefficient (Wildman–Crippen LogP) is 3.31. The first-order chi connectivity index (χ1) is 10.7. The highest BCUT2D eigenvalue weighted by atomic mass is 16.4. The Kier molecular flexibility index (Phi) is 4.60. The molecule has 1 aliphatic rings. The average Bonchev–Trinajstić information content (AvgIpc) is 2.89. The summed E-state index contributed by atoms with van der Waals surface area (Å²) in [5.41, 5.74) is 3.20. The van der Waals surface area contributed by atoms with Crippen molar-refractivity contribution in [3.05, 3.63) is 41.3 Å². The van der Waals surface area contributed by atoms with E-state index in [0.29, 0.717) is 5.89 Å². The molecular formula is C18H24N2O2. The van der Waals surface area contributed by atoms with Gasteiger partial charge in [0.2, 0.25) is 5.89 Å². The Hall–Kier alpha value is -1.65. The molecule has 1 fully saturated rings. The number of hydrogen-bond acceptors (Lipinski definition) is 4. The van der Waals surface area contributed by atoms with Crippen molar-refractivity contribution in [3.63, 3.8) is 0 Å². The number of aryl methyl sites for hydroxylation is 2. The van der Waals surface area contributed by atoms with Gasteiger partial charge in [-0.2, -0.15) is 0 Å². The summed E-state index contributed by atoms with van der Waals surface area (Å²) in [4.78, 5) is 7.02. The molecule has 0 bridgehead atoms. The second-order valence-electron chi connectivity index (χ2n) is 6.19.